The van der Waals surface area contributed by atoms with Crippen molar-refractivity contribution in [2.75, 3.05) is 11.9 Å². The maximum absolute atomic E-state index is 11.5. The predicted molar refractivity (Wildman–Crippen MR) is 72.0 cm³/mol. The molecule has 2 amide bonds. The van der Waals surface area contributed by atoms with Crippen LogP contribution in [-0.2, 0) is 4.79 Å². The Kier molecular flexibility index (Phi) is 7.01. The molecule has 0 saturated heterocycles. The van der Waals surface area contributed by atoms with Gasteiger partial charge >= 0.3 is 12.0 Å². The van der Waals surface area contributed by atoms with Gasteiger partial charge in [-0.1, -0.05) is 12.8 Å². The molecule has 0 aliphatic rings. The van der Waals surface area contributed by atoms with Gasteiger partial charge in [0, 0.05) is 19.2 Å². The van der Waals surface area contributed by atoms with Gasteiger partial charge in [-0.3, -0.25) is 9.78 Å². The smallest absolute Gasteiger partial charge is 0.319 e. The molecule has 1 heterocycles. The molecule has 0 radical (unpaired) electrons. The maximum Gasteiger partial charge on any atom is 0.319 e. The summed E-state index contributed by atoms with van der Waals surface area (Å²) < 4.78 is 0. The summed E-state index contributed by atoms with van der Waals surface area (Å²) in [6.07, 6.45) is 6.76. The van der Waals surface area contributed by atoms with E-state index >= 15 is 0 Å². The number of nitrogens with one attached hydrogen (secondary N) is 2. The summed E-state index contributed by atoms with van der Waals surface area (Å²) in [7, 11) is 0. The third-order valence-corrected chi connectivity index (χ3v) is 2.52. The number of amides is 2. The molecule has 6 nitrogen and oxygen atoms in total. The Bertz CT molecular complexity index is 395. The van der Waals surface area contributed by atoms with Crippen LogP contribution in [0.2, 0.25) is 0 Å². The minimum absolute atomic E-state index is 0.217. The van der Waals surface area contributed by atoms with Gasteiger partial charge in [-0.2, -0.15) is 0 Å². The summed E-state index contributed by atoms with van der Waals surface area (Å²) in [4.78, 5) is 25.6. The molecule has 104 valence electrons. The lowest BCUT2D eigenvalue weighted by molar-refractivity contribution is -0.137. The molecule has 0 spiro atoms. The highest BCUT2D eigenvalue weighted by Gasteiger charge is 2.00. The number of anilines is 1. The molecule has 1 aromatic heterocycles. The Hall–Kier alpha value is -2.11. The van der Waals surface area contributed by atoms with E-state index in [9.17, 15) is 9.59 Å². The van der Waals surface area contributed by atoms with Gasteiger partial charge in [-0.25, -0.2) is 4.79 Å². The van der Waals surface area contributed by atoms with Crippen molar-refractivity contribution in [1.82, 2.24) is 10.3 Å². The number of urea groups is 1. The lowest BCUT2D eigenvalue weighted by Gasteiger charge is -2.06. The minimum Gasteiger partial charge on any atom is -0.481 e. The van der Waals surface area contributed by atoms with Gasteiger partial charge in [0.1, 0.15) is 0 Å². The average molecular weight is 265 g/mol. The third-order valence-electron chi connectivity index (χ3n) is 2.52. The number of aromatic nitrogens is 1. The molecule has 0 aliphatic carbocycles. The van der Waals surface area contributed by atoms with Crippen molar-refractivity contribution in [3.05, 3.63) is 24.5 Å². The number of nitrogens with zero attached hydrogens (tertiary/aromatic N) is 1. The van der Waals surface area contributed by atoms with Crippen LogP contribution in [0, 0.1) is 0 Å². The molecule has 0 aliphatic heterocycles. The Labute approximate surface area is 112 Å². The largest absolute Gasteiger partial charge is 0.481 e. The van der Waals surface area contributed by atoms with Crippen molar-refractivity contribution in [2.24, 2.45) is 0 Å². The second-order valence-electron chi connectivity index (χ2n) is 4.18. The number of pyridine rings is 1. The highest BCUT2D eigenvalue weighted by atomic mass is 16.4. The van der Waals surface area contributed by atoms with Crippen LogP contribution < -0.4 is 10.6 Å². The van der Waals surface area contributed by atoms with Crippen LogP contribution in [-0.4, -0.2) is 28.6 Å². The molecular formula is C13H19N3O3. The molecule has 0 saturated carbocycles. The normalized spacial score (nSPS) is 9.89. The Morgan fingerprint density at radius 2 is 2.00 bits per heavy atom. The SMILES string of the molecule is O=C(O)CCCCCCNC(=O)Nc1cccnc1. The summed E-state index contributed by atoms with van der Waals surface area (Å²) in [5.41, 5.74) is 0.654. The molecule has 6 heteroatoms. The number of aliphatic carboxylic acids is 1. The first kappa shape index (κ1) is 14.9. The maximum atomic E-state index is 11.5. The van der Waals surface area contributed by atoms with Crippen LogP contribution in [0.25, 0.3) is 0 Å². The zero-order chi connectivity index (χ0) is 13.9. The average Bonchev–Trinajstić information content (AvgIpc) is 2.38. The van der Waals surface area contributed by atoms with E-state index in [4.69, 9.17) is 5.11 Å². The van der Waals surface area contributed by atoms with Crippen molar-refractivity contribution in [3.63, 3.8) is 0 Å². The summed E-state index contributed by atoms with van der Waals surface area (Å²) in [5.74, 6) is -0.756. The Morgan fingerprint density at radius 1 is 1.21 bits per heavy atom. The van der Waals surface area contributed by atoms with Crippen molar-refractivity contribution in [2.45, 2.75) is 32.1 Å². The van der Waals surface area contributed by atoms with Crippen LogP contribution >= 0.6 is 0 Å². The second kappa shape index (κ2) is 8.91. The first-order valence-electron chi connectivity index (χ1n) is 6.35. The zero-order valence-corrected chi connectivity index (χ0v) is 10.8. The standard InChI is InChI=1S/C13H19N3O3/c17-12(18)7-3-1-2-4-9-15-13(19)16-11-6-5-8-14-10-11/h5-6,8,10H,1-4,7,9H2,(H,17,18)(H2,15,16,19). The van der Waals surface area contributed by atoms with E-state index in [-0.39, 0.29) is 12.5 Å². The first-order valence-corrected chi connectivity index (χ1v) is 6.35. The summed E-state index contributed by atoms with van der Waals surface area (Å²) in [5, 5.41) is 13.9. The van der Waals surface area contributed by atoms with E-state index in [2.05, 4.69) is 15.6 Å². The molecule has 0 fully saturated rings. The molecule has 1 rings (SSSR count). The molecule has 0 bridgehead atoms. The van der Waals surface area contributed by atoms with Crippen LogP contribution in [0.15, 0.2) is 24.5 Å². The number of carbonyl (C=O) groups is 2. The number of unbranched alkanes of at least 4 members (excludes halogenated alkanes) is 3. The predicted octanol–water partition coefficient (Wildman–Crippen LogP) is 2.24. The Balaban J connectivity index is 2.00. The van der Waals surface area contributed by atoms with Crippen molar-refractivity contribution < 1.29 is 14.7 Å². The summed E-state index contributed by atoms with van der Waals surface area (Å²) >= 11 is 0. The van der Waals surface area contributed by atoms with E-state index in [1.54, 1.807) is 24.5 Å². The van der Waals surface area contributed by atoms with Gasteiger partial charge in [0.15, 0.2) is 0 Å². The number of hydrogen-bond donors (Lipinski definition) is 3. The van der Waals surface area contributed by atoms with E-state index in [0.29, 0.717) is 18.7 Å². The molecule has 1 aromatic rings. The van der Waals surface area contributed by atoms with Crippen LogP contribution in [0.5, 0.6) is 0 Å². The quantitative estimate of drug-likeness (QED) is 0.628. The highest BCUT2D eigenvalue weighted by Crippen LogP contribution is 2.03. The number of hydrogen-bond acceptors (Lipinski definition) is 3. The van der Waals surface area contributed by atoms with Gasteiger partial charge in [0.25, 0.3) is 0 Å². The molecule has 0 aromatic carbocycles. The van der Waals surface area contributed by atoms with Crippen LogP contribution in [0.1, 0.15) is 32.1 Å². The van der Waals surface area contributed by atoms with Crippen molar-refractivity contribution in [3.8, 4) is 0 Å². The topological polar surface area (TPSA) is 91.3 Å². The Morgan fingerprint density at radius 3 is 2.68 bits per heavy atom. The van der Waals surface area contributed by atoms with E-state index in [1.807, 2.05) is 0 Å². The van der Waals surface area contributed by atoms with Crippen molar-refractivity contribution >= 4 is 17.7 Å². The molecule has 0 atom stereocenters. The fraction of sp³-hybridized carbons (Fsp3) is 0.462. The van der Waals surface area contributed by atoms with Gasteiger partial charge < -0.3 is 15.7 Å². The molecule has 3 N–H and O–H groups in total. The number of carboxylic acid groups (broad SMARTS) is 1. The zero-order valence-electron chi connectivity index (χ0n) is 10.8. The lowest BCUT2D eigenvalue weighted by atomic mass is 10.1. The molecule has 0 unspecified atom stereocenters. The van der Waals surface area contributed by atoms with Gasteiger partial charge in [0.05, 0.1) is 11.9 Å². The third kappa shape index (κ3) is 7.75. The minimum atomic E-state index is -0.756. The fourth-order valence-electron chi connectivity index (χ4n) is 1.57. The summed E-state index contributed by atoms with van der Waals surface area (Å²) in [6.45, 7) is 0.583. The lowest BCUT2D eigenvalue weighted by Crippen LogP contribution is -2.29. The number of rotatable bonds is 8. The van der Waals surface area contributed by atoms with E-state index in [0.717, 1.165) is 19.3 Å². The highest BCUT2D eigenvalue weighted by molar-refractivity contribution is 5.88. The number of carboxylic acids is 1. The van der Waals surface area contributed by atoms with E-state index in [1.165, 1.54) is 0 Å². The van der Waals surface area contributed by atoms with Crippen LogP contribution in [0.4, 0.5) is 10.5 Å². The monoisotopic (exact) mass is 265 g/mol. The first-order chi connectivity index (χ1) is 9.18. The number of carbonyl (C=O) groups excluding carboxylic acids is 1. The van der Waals surface area contributed by atoms with Gasteiger partial charge in [-0.15, -0.1) is 0 Å². The van der Waals surface area contributed by atoms with Gasteiger partial charge in [-0.05, 0) is 25.0 Å². The van der Waals surface area contributed by atoms with Crippen molar-refractivity contribution in [1.29, 1.82) is 0 Å². The van der Waals surface area contributed by atoms with Gasteiger partial charge in [0.2, 0.25) is 0 Å². The molecular weight excluding hydrogens is 246 g/mol. The van der Waals surface area contributed by atoms with Crippen LogP contribution in [0.3, 0.4) is 0 Å². The fourth-order valence-corrected chi connectivity index (χ4v) is 1.57. The second-order valence-corrected chi connectivity index (χ2v) is 4.18. The molecule has 19 heavy (non-hydrogen) atoms. The summed E-state index contributed by atoms with van der Waals surface area (Å²) in [6, 6.07) is 3.26. The van der Waals surface area contributed by atoms with E-state index < -0.39 is 5.97 Å².